The Morgan fingerprint density at radius 2 is 1.96 bits per heavy atom. The Hall–Kier alpha value is -2.60. The highest BCUT2D eigenvalue weighted by atomic mass is 16.6. The molecule has 0 spiro atoms. The van der Waals surface area contributed by atoms with E-state index in [9.17, 15) is 0 Å². The van der Waals surface area contributed by atoms with Gasteiger partial charge in [-0.2, -0.15) is 0 Å². The number of nitrogens with zero attached hydrogens (tertiary/aromatic N) is 3. The van der Waals surface area contributed by atoms with Crippen LogP contribution >= 0.6 is 0 Å². The zero-order valence-corrected chi connectivity index (χ0v) is 12.8. The fourth-order valence-corrected chi connectivity index (χ4v) is 2.85. The van der Waals surface area contributed by atoms with Crippen molar-refractivity contribution in [3.8, 4) is 11.5 Å². The smallest absolute Gasteiger partial charge is 0.161 e. The van der Waals surface area contributed by atoms with E-state index in [1.807, 2.05) is 42.5 Å². The topological polar surface area (TPSA) is 60.6 Å². The molecule has 1 atom stereocenters. The minimum atomic E-state index is 0.00420. The molecule has 6 nitrogen and oxygen atoms in total. The highest BCUT2D eigenvalue weighted by molar-refractivity contribution is 5.76. The molecule has 0 saturated heterocycles. The molecule has 23 heavy (non-hydrogen) atoms. The number of aromatic nitrogens is 2. The predicted molar refractivity (Wildman–Crippen MR) is 84.5 cm³/mol. The van der Waals surface area contributed by atoms with Crippen molar-refractivity contribution >= 4 is 11.0 Å². The van der Waals surface area contributed by atoms with Gasteiger partial charge in [0.2, 0.25) is 0 Å². The SMILES string of the molecule is CN(Cc1cccc2nonc12)C[C@H]1COc2ccccc2O1. The normalized spacial score (nSPS) is 16.9. The van der Waals surface area contributed by atoms with E-state index in [0.29, 0.717) is 6.61 Å². The van der Waals surface area contributed by atoms with E-state index in [-0.39, 0.29) is 6.10 Å². The molecule has 1 aliphatic rings. The highest BCUT2D eigenvalue weighted by Gasteiger charge is 2.22. The third-order valence-corrected chi connectivity index (χ3v) is 3.89. The van der Waals surface area contributed by atoms with Crippen LogP contribution in [0.2, 0.25) is 0 Å². The summed E-state index contributed by atoms with van der Waals surface area (Å²) >= 11 is 0. The summed E-state index contributed by atoms with van der Waals surface area (Å²) in [7, 11) is 2.05. The van der Waals surface area contributed by atoms with Crippen molar-refractivity contribution in [3.05, 3.63) is 48.0 Å². The molecule has 2 heterocycles. The molecule has 0 aliphatic carbocycles. The first kappa shape index (κ1) is 14.0. The van der Waals surface area contributed by atoms with Crippen LogP contribution < -0.4 is 9.47 Å². The second-order valence-corrected chi connectivity index (χ2v) is 5.74. The second kappa shape index (κ2) is 5.89. The predicted octanol–water partition coefficient (Wildman–Crippen LogP) is 2.49. The lowest BCUT2D eigenvalue weighted by Crippen LogP contribution is -2.39. The molecular weight excluding hydrogens is 294 g/mol. The van der Waals surface area contributed by atoms with E-state index in [4.69, 9.17) is 14.1 Å². The van der Waals surface area contributed by atoms with E-state index in [1.165, 1.54) is 0 Å². The Morgan fingerprint density at radius 1 is 1.09 bits per heavy atom. The summed E-state index contributed by atoms with van der Waals surface area (Å²) in [4.78, 5) is 2.19. The van der Waals surface area contributed by atoms with Crippen LogP contribution in [0.25, 0.3) is 11.0 Å². The van der Waals surface area contributed by atoms with Crippen LogP contribution in [0.5, 0.6) is 11.5 Å². The van der Waals surface area contributed by atoms with Gasteiger partial charge in [0.15, 0.2) is 11.5 Å². The Labute approximate surface area is 133 Å². The molecule has 4 rings (SSSR count). The quantitative estimate of drug-likeness (QED) is 0.738. The monoisotopic (exact) mass is 311 g/mol. The van der Waals surface area contributed by atoms with E-state index in [1.54, 1.807) is 0 Å². The molecule has 0 radical (unpaired) electrons. The average Bonchev–Trinajstić information content (AvgIpc) is 3.04. The van der Waals surface area contributed by atoms with Crippen LogP contribution in [-0.2, 0) is 6.54 Å². The largest absolute Gasteiger partial charge is 0.486 e. The Balaban J connectivity index is 1.43. The Bertz CT molecular complexity index is 817. The number of ether oxygens (including phenoxy) is 2. The lowest BCUT2D eigenvalue weighted by Gasteiger charge is -2.29. The van der Waals surface area contributed by atoms with Gasteiger partial charge in [0.1, 0.15) is 23.7 Å². The summed E-state index contributed by atoms with van der Waals surface area (Å²) in [6, 6.07) is 13.7. The summed E-state index contributed by atoms with van der Waals surface area (Å²) in [5.41, 5.74) is 2.68. The van der Waals surface area contributed by atoms with Crippen molar-refractivity contribution in [1.29, 1.82) is 0 Å². The minimum absolute atomic E-state index is 0.00420. The molecule has 2 aromatic carbocycles. The lowest BCUT2D eigenvalue weighted by atomic mass is 10.1. The second-order valence-electron chi connectivity index (χ2n) is 5.74. The average molecular weight is 311 g/mol. The van der Waals surface area contributed by atoms with Crippen LogP contribution in [0.1, 0.15) is 5.56 Å². The molecule has 0 N–H and O–H groups in total. The van der Waals surface area contributed by atoms with Gasteiger partial charge < -0.3 is 9.47 Å². The van der Waals surface area contributed by atoms with Crippen molar-refractivity contribution < 1.29 is 14.1 Å². The van der Waals surface area contributed by atoms with Gasteiger partial charge in [0, 0.05) is 13.1 Å². The van der Waals surface area contributed by atoms with Crippen LogP contribution in [0.15, 0.2) is 47.1 Å². The van der Waals surface area contributed by atoms with Crippen LogP contribution in [0.3, 0.4) is 0 Å². The van der Waals surface area contributed by atoms with Crippen molar-refractivity contribution in [3.63, 3.8) is 0 Å². The number of hydrogen-bond donors (Lipinski definition) is 0. The summed E-state index contributed by atoms with van der Waals surface area (Å²) in [6.07, 6.45) is 0.00420. The fourth-order valence-electron chi connectivity index (χ4n) is 2.85. The van der Waals surface area contributed by atoms with Gasteiger partial charge in [-0.05, 0) is 41.1 Å². The van der Waals surface area contributed by atoms with Gasteiger partial charge in [0.25, 0.3) is 0 Å². The Kier molecular flexibility index (Phi) is 3.59. The van der Waals surface area contributed by atoms with E-state index >= 15 is 0 Å². The number of benzene rings is 2. The van der Waals surface area contributed by atoms with Crippen molar-refractivity contribution in [2.45, 2.75) is 12.6 Å². The summed E-state index contributed by atoms with van der Waals surface area (Å²) < 4.78 is 16.6. The number of hydrogen-bond acceptors (Lipinski definition) is 6. The first-order valence-electron chi connectivity index (χ1n) is 7.57. The van der Waals surface area contributed by atoms with E-state index in [2.05, 4.69) is 22.3 Å². The molecule has 1 aromatic heterocycles. The molecule has 6 heteroatoms. The highest BCUT2D eigenvalue weighted by Crippen LogP contribution is 2.31. The molecule has 3 aromatic rings. The molecule has 0 fully saturated rings. The number of likely N-dealkylation sites (N-methyl/N-ethyl adjacent to an activating group) is 1. The number of rotatable bonds is 4. The molecule has 0 bridgehead atoms. The van der Waals surface area contributed by atoms with Gasteiger partial charge in [0.05, 0.1) is 0 Å². The maximum absolute atomic E-state index is 6.00. The zero-order valence-electron chi connectivity index (χ0n) is 12.8. The van der Waals surface area contributed by atoms with Crippen molar-refractivity contribution in [1.82, 2.24) is 15.2 Å². The van der Waals surface area contributed by atoms with Crippen LogP contribution in [0, 0.1) is 0 Å². The van der Waals surface area contributed by atoms with Gasteiger partial charge >= 0.3 is 0 Å². The molecule has 0 unspecified atom stereocenters. The standard InChI is InChI=1S/C17H17N3O3/c1-20(9-12-5-4-6-14-17(12)19-23-18-14)10-13-11-21-15-7-2-3-8-16(15)22-13/h2-8,13H,9-11H2,1H3/t13-/m0/s1. The van der Waals surface area contributed by atoms with Gasteiger partial charge in [-0.3, -0.25) is 4.90 Å². The van der Waals surface area contributed by atoms with E-state index < -0.39 is 0 Å². The van der Waals surface area contributed by atoms with Crippen molar-refractivity contribution in [2.24, 2.45) is 0 Å². The summed E-state index contributed by atoms with van der Waals surface area (Å²) in [6.45, 7) is 2.06. The number of fused-ring (bicyclic) bond motifs is 2. The number of para-hydroxylation sites is 2. The third-order valence-electron chi connectivity index (χ3n) is 3.89. The fraction of sp³-hybridized carbons (Fsp3) is 0.294. The summed E-state index contributed by atoms with van der Waals surface area (Å²) in [5, 5.41) is 7.86. The maximum Gasteiger partial charge on any atom is 0.161 e. The molecule has 118 valence electrons. The maximum atomic E-state index is 6.00. The van der Waals surface area contributed by atoms with Gasteiger partial charge in [-0.25, -0.2) is 4.63 Å². The lowest BCUT2D eigenvalue weighted by molar-refractivity contribution is 0.0639. The first-order chi connectivity index (χ1) is 11.3. The molecule has 0 amide bonds. The van der Waals surface area contributed by atoms with Crippen molar-refractivity contribution in [2.75, 3.05) is 20.2 Å². The minimum Gasteiger partial charge on any atom is -0.486 e. The Morgan fingerprint density at radius 3 is 2.87 bits per heavy atom. The first-order valence-corrected chi connectivity index (χ1v) is 7.57. The zero-order chi connectivity index (χ0) is 15.6. The van der Waals surface area contributed by atoms with Gasteiger partial charge in [-0.1, -0.05) is 24.3 Å². The third kappa shape index (κ3) is 2.85. The van der Waals surface area contributed by atoms with Crippen LogP contribution in [-0.4, -0.2) is 41.5 Å². The van der Waals surface area contributed by atoms with Crippen LogP contribution in [0.4, 0.5) is 0 Å². The van der Waals surface area contributed by atoms with E-state index in [0.717, 1.165) is 41.2 Å². The van der Waals surface area contributed by atoms with Gasteiger partial charge in [-0.15, -0.1) is 0 Å². The molecule has 0 saturated carbocycles. The molecular formula is C17H17N3O3. The molecule has 1 aliphatic heterocycles. The summed E-state index contributed by atoms with van der Waals surface area (Å²) in [5.74, 6) is 1.62.